The molecule has 2 aliphatic rings. The second-order valence-corrected chi connectivity index (χ2v) is 6.55. The number of fused-ring (bicyclic) bond motifs is 1. The fourth-order valence-corrected chi connectivity index (χ4v) is 2.56. The molecule has 1 aromatic rings. The summed E-state index contributed by atoms with van der Waals surface area (Å²) in [6.45, 7) is 9.68. The van der Waals surface area contributed by atoms with Crippen molar-refractivity contribution in [3.05, 3.63) is 18.0 Å². The lowest BCUT2D eigenvalue weighted by atomic mass is 9.81. The van der Waals surface area contributed by atoms with E-state index in [9.17, 15) is 4.79 Å². The number of nitrogens with zero attached hydrogens (tertiary/aromatic N) is 1. The van der Waals surface area contributed by atoms with E-state index in [4.69, 9.17) is 9.31 Å². The van der Waals surface area contributed by atoms with Crippen LogP contribution in [-0.2, 0) is 15.9 Å². The number of carbonyl (C=O) groups is 1. The summed E-state index contributed by atoms with van der Waals surface area (Å²) in [5.41, 5.74) is 0.876. The molecule has 0 spiro atoms. The lowest BCUT2D eigenvalue weighted by Gasteiger charge is -2.32. The predicted octanol–water partition coefficient (Wildman–Crippen LogP) is 0.921. The Hall–Kier alpha value is -1.27. The molecule has 3 heterocycles. The molecule has 1 N–H and O–H groups in total. The Morgan fingerprint density at radius 2 is 1.90 bits per heavy atom. The molecule has 2 aliphatic heterocycles. The number of nitrogens with one attached hydrogen (secondary N) is 1. The third-order valence-corrected chi connectivity index (χ3v) is 4.54. The van der Waals surface area contributed by atoms with Gasteiger partial charge in [-0.25, -0.2) is 0 Å². The van der Waals surface area contributed by atoms with E-state index < -0.39 is 7.12 Å². The van der Waals surface area contributed by atoms with E-state index in [1.165, 1.54) is 0 Å². The Morgan fingerprint density at radius 1 is 1.25 bits per heavy atom. The highest BCUT2D eigenvalue weighted by Crippen LogP contribution is 2.36. The molecule has 0 aromatic carbocycles. The summed E-state index contributed by atoms with van der Waals surface area (Å²) in [5, 5.41) is 2.90. The first-order valence-electron chi connectivity index (χ1n) is 7.14. The molecule has 1 aromatic heterocycles. The minimum absolute atomic E-state index is 0.0229. The summed E-state index contributed by atoms with van der Waals surface area (Å²) in [5.74, 6) is -0.0229. The smallest absolute Gasteiger partial charge is 0.399 e. The lowest BCUT2D eigenvalue weighted by Crippen LogP contribution is -2.41. The molecule has 1 amide bonds. The van der Waals surface area contributed by atoms with Crippen molar-refractivity contribution in [3.63, 3.8) is 0 Å². The molecule has 1 saturated heterocycles. The van der Waals surface area contributed by atoms with Gasteiger partial charge in [-0.1, -0.05) is 0 Å². The number of amides is 1. The average molecular weight is 276 g/mol. The highest BCUT2D eigenvalue weighted by atomic mass is 16.7. The highest BCUT2D eigenvalue weighted by molar-refractivity contribution is 6.62. The number of hydrogen-bond donors (Lipinski definition) is 1. The van der Waals surface area contributed by atoms with E-state index in [2.05, 4.69) is 5.32 Å². The SMILES string of the molecule is CC1(C)OB(c2cc3n(c2)CCCNC3=O)OC1(C)C. The van der Waals surface area contributed by atoms with Gasteiger partial charge in [0.1, 0.15) is 5.69 Å². The Kier molecular flexibility index (Phi) is 2.99. The van der Waals surface area contributed by atoms with Gasteiger partial charge in [-0.2, -0.15) is 0 Å². The van der Waals surface area contributed by atoms with Crippen LogP contribution in [0, 0.1) is 0 Å². The minimum Gasteiger partial charge on any atom is -0.399 e. The van der Waals surface area contributed by atoms with Crippen LogP contribution in [0.25, 0.3) is 0 Å². The molecular weight excluding hydrogens is 255 g/mol. The molecule has 5 nitrogen and oxygen atoms in total. The Morgan fingerprint density at radius 3 is 2.55 bits per heavy atom. The van der Waals surface area contributed by atoms with Gasteiger partial charge >= 0.3 is 7.12 Å². The molecule has 0 bridgehead atoms. The van der Waals surface area contributed by atoms with E-state index in [1.807, 2.05) is 44.5 Å². The normalized spacial score (nSPS) is 24.2. The standard InChI is InChI=1S/C14H21BN2O3/c1-13(2)14(3,4)20-15(19-13)10-8-11-12(18)16-6-5-7-17(11)9-10/h8-9H,5-7H2,1-4H3,(H,16,18). The van der Waals surface area contributed by atoms with Gasteiger partial charge in [0.2, 0.25) is 0 Å². The fraction of sp³-hybridized carbons (Fsp3) is 0.643. The number of carbonyl (C=O) groups excluding carboxylic acids is 1. The van der Waals surface area contributed by atoms with Crippen LogP contribution in [0.5, 0.6) is 0 Å². The first-order valence-corrected chi connectivity index (χ1v) is 7.14. The van der Waals surface area contributed by atoms with Crippen LogP contribution in [0.3, 0.4) is 0 Å². The van der Waals surface area contributed by atoms with Crippen molar-refractivity contribution >= 4 is 18.5 Å². The van der Waals surface area contributed by atoms with Gasteiger partial charge in [-0.3, -0.25) is 4.79 Å². The van der Waals surface area contributed by atoms with Crippen LogP contribution >= 0.6 is 0 Å². The zero-order chi connectivity index (χ0) is 14.5. The second-order valence-electron chi connectivity index (χ2n) is 6.55. The molecule has 108 valence electrons. The maximum absolute atomic E-state index is 12.0. The molecule has 0 radical (unpaired) electrons. The van der Waals surface area contributed by atoms with Gasteiger partial charge in [0.05, 0.1) is 11.2 Å². The summed E-state index contributed by atoms with van der Waals surface area (Å²) in [6.07, 6.45) is 2.92. The molecule has 1 fully saturated rings. The zero-order valence-electron chi connectivity index (χ0n) is 12.5. The van der Waals surface area contributed by atoms with Crippen molar-refractivity contribution in [2.24, 2.45) is 0 Å². The first kappa shape index (κ1) is 13.7. The Balaban J connectivity index is 1.90. The highest BCUT2D eigenvalue weighted by Gasteiger charge is 2.52. The minimum atomic E-state index is -0.410. The summed E-state index contributed by atoms with van der Waals surface area (Å²) >= 11 is 0. The summed E-state index contributed by atoms with van der Waals surface area (Å²) in [4.78, 5) is 12.0. The molecule has 0 atom stereocenters. The van der Waals surface area contributed by atoms with Crippen molar-refractivity contribution < 1.29 is 14.1 Å². The van der Waals surface area contributed by atoms with Gasteiger partial charge in [0.15, 0.2) is 0 Å². The summed E-state index contributed by atoms with van der Waals surface area (Å²) < 4.78 is 14.0. The number of aromatic nitrogens is 1. The molecule has 3 rings (SSSR count). The third-order valence-electron chi connectivity index (χ3n) is 4.54. The van der Waals surface area contributed by atoms with E-state index >= 15 is 0 Å². The van der Waals surface area contributed by atoms with Crippen LogP contribution < -0.4 is 10.8 Å². The van der Waals surface area contributed by atoms with Gasteiger partial charge < -0.3 is 19.2 Å². The Bertz CT molecular complexity index is 535. The number of hydrogen-bond acceptors (Lipinski definition) is 3. The van der Waals surface area contributed by atoms with Crippen molar-refractivity contribution in [1.82, 2.24) is 9.88 Å². The number of aryl methyl sites for hydroxylation is 1. The Labute approximate surface area is 119 Å². The van der Waals surface area contributed by atoms with Crippen LogP contribution in [0.4, 0.5) is 0 Å². The number of rotatable bonds is 1. The predicted molar refractivity (Wildman–Crippen MR) is 77.1 cm³/mol. The van der Waals surface area contributed by atoms with Crippen molar-refractivity contribution in [3.8, 4) is 0 Å². The zero-order valence-corrected chi connectivity index (χ0v) is 12.5. The van der Waals surface area contributed by atoms with Gasteiger partial charge in [-0.15, -0.1) is 0 Å². The van der Waals surface area contributed by atoms with Gasteiger partial charge in [-0.05, 0) is 40.2 Å². The summed E-state index contributed by atoms with van der Waals surface area (Å²) in [7, 11) is -0.410. The van der Waals surface area contributed by atoms with Crippen LogP contribution in [-0.4, -0.2) is 35.3 Å². The molecule has 0 aliphatic carbocycles. The lowest BCUT2D eigenvalue weighted by molar-refractivity contribution is 0.00578. The molecule has 20 heavy (non-hydrogen) atoms. The van der Waals surface area contributed by atoms with Gasteiger partial charge in [0.25, 0.3) is 5.91 Å². The van der Waals surface area contributed by atoms with E-state index in [-0.39, 0.29) is 17.1 Å². The monoisotopic (exact) mass is 276 g/mol. The maximum Gasteiger partial charge on any atom is 0.496 e. The van der Waals surface area contributed by atoms with E-state index in [0.717, 1.165) is 25.0 Å². The molecule has 6 heteroatoms. The van der Waals surface area contributed by atoms with Crippen molar-refractivity contribution in [2.75, 3.05) is 6.54 Å². The maximum atomic E-state index is 12.0. The molecule has 0 saturated carbocycles. The molecular formula is C14H21BN2O3. The van der Waals surface area contributed by atoms with E-state index in [0.29, 0.717) is 5.69 Å². The largest absolute Gasteiger partial charge is 0.496 e. The van der Waals surface area contributed by atoms with Gasteiger partial charge in [0, 0.05) is 24.7 Å². The quantitative estimate of drug-likeness (QED) is 0.776. The third kappa shape index (κ3) is 2.07. The second kappa shape index (κ2) is 4.36. The van der Waals surface area contributed by atoms with Crippen molar-refractivity contribution in [1.29, 1.82) is 0 Å². The van der Waals surface area contributed by atoms with Crippen LogP contribution in [0.1, 0.15) is 44.6 Å². The first-order chi connectivity index (χ1) is 9.30. The topological polar surface area (TPSA) is 52.5 Å². The van der Waals surface area contributed by atoms with Crippen LogP contribution in [0.15, 0.2) is 12.3 Å². The van der Waals surface area contributed by atoms with Crippen LogP contribution in [0.2, 0.25) is 0 Å². The fourth-order valence-electron chi connectivity index (χ4n) is 2.56. The van der Waals surface area contributed by atoms with Crippen molar-refractivity contribution in [2.45, 2.75) is 51.9 Å². The summed E-state index contributed by atoms with van der Waals surface area (Å²) in [6, 6.07) is 1.88. The average Bonchev–Trinajstić information content (AvgIpc) is 2.79. The van der Waals surface area contributed by atoms with E-state index in [1.54, 1.807) is 0 Å². The molecule has 0 unspecified atom stereocenters.